The molecule has 0 bridgehead atoms. The SMILES string of the molecule is Nc1cc(CF)c(-c2nc(N3CCOCC3)cc(N3CCOCC3)n2)cn1. The second-order valence-electron chi connectivity index (χ2n) is 6.51. The molecule has 0 unspecified atom stereocenters. The zero-order valence-electron chi connectivity index (χ0n) is 15.1. The Morgan fingerprint density at radius 1 is 0.926 bits per heavy atom. The molecule has 2 aliphatic rings. The van der Waals surface area contributed by atoms with E-state index in [4.69, 9.17) is 25.2 Å². The Kier molecular flexibility index (Phi) is 5.30. The lowest BCUT2D eigenvalue weighted by Gasteiger charge is -2.31. The topological polar surface area (TPSA) is 89.6 Å². The Labute approximate surface area is 157 Å². The lowest BCUT2D eigenvalue weighted by Crippen LogP contribution is -2.39. The number of morpholine rings is 2. The minimum absolute atomic E-state index is 0.282. The average molecular weight is 374 g/mol. The van der Waals surface area contributed by atoms with Gasteiger partial charge in [-0.15, -0.1) is 0 Å². The molecule has 0 amide bonds. The lowest BCUT2D eigenvalue weighted by molar-refractivity contribution is 0.122. The first-order chi connectivity index (χ1) is 13.2. The molecule has 2 aromatic rings. The zero-order valence-corrected chi connectivity index (χ0v) is 15.1. The van der Waals surface area contributed by atoms with Crippen molar-refractivity contribution in [1.29, 1.82) is 0 Å². The van der Waals surface area contributed by atoms with E-state index in [1.54, 1.807) is 6.20 Å². The molecule has 2 saturated heterocycles. The molecule has 0 radical (unpaired) electrons. The first-order valence-electron chi connectivity index (χ1n) is 9.10. The van der Waals surface area contributed by atoms with Crippen LogP contribution in [0.15, 0.2) is 18.3 Å². The van der Waals surface area contributed by atoms with Crippen LogP contribution in [0.2, 0.25) is 0 Å². The van der Waals surface area contributed by atoms with Crippen LogP contribution in [0.4, 0.5) is 21.8 Å². The first kappa shape index (κ1) is 17.9. The summed E-state index contributed by atoms with van der Waals surface area (Å²) in [6.45, 7) is 5.02. The molecule has 0 saturated carbocycles. The van der Waals surface area contributed by atoms with Crippen LogP contribution in [-0.2, 0) is 16.1 Å². The third kappa shape index (κ3) is 3.93. The number of hydrogen-bond donors (Lipinski definition) is 1. The Bertz CT molecular complexity index is 757. The molecule has 2 aliphatic heterocycles. The molecule has 8 nitrogen and oxygen atoms in total. The van der Waals surface area contributed by atoms with Crippen LogP contribution in [0.25, 0.3) is 11.4 Å². The summed E-state index contributed by atoms with van der Waals surface area (Å²) in [6, 6.07) is 3.52. The van der Waals surface area contributed by atoms with Crippen molar-refractivity contribution in [3.63, 3.8) is 0 Å². The van der Waals surface area contributed by atoms with Crippen LogP contribution in [0, 0.1) is 0 Å². The highest BCUT2D eigenvalue weighted by Crippen LogP contribution is 2.28. The van der Waals surface area contributed by atoms with Crippen molar-refractivity contribution in [2.45, 2.75) is 6.67 Å². The van der Waals surface area contributed by atoms with E-state index in [2.05, 4.69) is 14.8 Å². The molecule has 2 fully saturated rings. The van der Waals surface area contributed by atoms with Gasteiger partial charge in [0.1, 0.15) is 24.1 Å². The normalized spacial score (nSPS) is 18.0. The van der Waals surface area contributed by atoms with Gasteiger partial charge in [-0.1, -0.05) is 0 Å². The number of alkyl halides is 1. The number of hydrogen-bond acceptors (Lipinski definition) is 8. The largest absolute Gasteiger partial charge is 0.384 e. The number of aromatic nitrogens is 3. The van der Waals surface area contributed by atoms with Crippen molar-refractivity contribution < 1.29 is 13.9 Å². The highest BCUT2D eigenvalue weighted by atomic mass is 19.1. The molecule has 0 aromatic carbocycles. The van der Waals surface area contributed by atoms with Crippen LogP contribution < -0.4 is 15.5 Å². The van der Waals surface area contributed by atoms with Gasteiger partial charge in [0.2, 0.25) is 0 Å². The van der Waals surface area contributed by atoms with Gasteiger partial charge in [-0.25, -0.2) is 19.3 Å². The van der Waals surface area contributed by atoms with Crippen molar-refractivity contribution >= 4 is 17.5 Å². The number of anilines is 3. The van der Waals surface area contributed by atoms with Gasteiger partial charge < -0.3 is 25.0 Å². The molecule has 2 N–H and O–H groups in total. The summed E-state index contributed by atoms with van der Waals surface area (Å²) in [5, 5.41) is 0. The Balaban J connectivity index is 1.77. The monoisotopic (exact) mass is 374 g/mol. The van der Waals surface area contributed by atoms with Gasteiger partial charge in [-0.05, 0) is 11.6 Å². The van der Waals surface area contributed by atoms with Crippen LogP contribution in [0.3, 0.4) is 0 Å². The molecule has 144 valence electrons. The summed E-state index contributed by atoms with van der Waals surface area (Å²) in [7, 11) is 0. The maximum absolute atomic E-state index is 13.6. The number of pyridine rings is 1. The van der Waals surface area contributed by atoms with E-state index in [9.17, 15) is 4.39 Å². The Morgan fingerprint density at radius 2 is 1.48 bits per heavy atom. The number of nitrogens with zero attached hydrogens (tertiary/aromatic N) is 5. The third-order valence-electron chi connectivity index (χ3n) is 4.76. The summed E-state index contributed by atoms with van der Waals surface area (Å²) < 4.78 is 24.5. The van der Waals surface area contributed by atoms with Crippen LogP contribution >= 0.6 is 0 Å². The molecule has 27 heavy (non-hydrogen) atoms. The average Bonchev–Trinajstić information content (AvgIpc) is 2.74. The summed E-state index contributed by atoms with van der Waals surface area (Å²) in [6.07, 6.45) is 1.55. The smallest absolute Gasteiger partial charge is 0.165 e. The van der Waals surface area contributed by atoms with E-state index in [-0.39, 0.29) is 5.82 Å². The summed E-state index contributed by atoms with van der Waals surface area (Å²) in [4.78, 5) is 17.9. The molecular weight excluding hydrogens is 351 g/mol. The number of ether oxygens (including phenoxy) is 2. The van der Waals surface area contributed by atoms with Gasteiger partial charge in [0.05, 0.1) is 26.4 Å². The van der Waals surface area contributed by atoms with Gasteiger partial charge in [0.25, 0.3) is 0 Å². The van der Waals surface area contributed by atoms with E-state index in [1.807, 2.05) is 6.07 Å². The fourth-order valence-electron chi connectivity index (χ4n) is 3.28. The predicted molar refractivity (Wildman–Crippen MR) is 101 cm³/mol. The molecular formula is C18H23FN6O2. The molecule has 0 atom stereocenters. The zero-order chi connectivity index (χ0) is 18.6. The molecule has 9 heteroatoms. The Hall–Kier alpha value is -2.52. The van der Waals surface area contributed by atoms with Gasteiger partial charge in [-0.2, -0.15) is 0 Å². The van der Waals surface area contributed by atoms with Crippen LogP contribution in [0.1, 0.15) is 5.56 Å². The van der Waals surface area contributed by atoms with Crippen molar-refractivity contribution in [3.05, 3.63) is 23.9 Å². The molecule has 0 aliphatic carbocycles. The van der Waals surface area contributed by atoms with Gasteiger partial charge >= 0.3 is 0 Å². The second-order valence-corrected chi connectivity index (χ2v) is 6.51. The van der Waals surface area contributed by atoms with E-state index >= 15 is 0 Å². The fraction of sp³-hybridized carbons (Fsp3) is 0.500. The maximum Gasteiger partial charge on any atom is 0.165 e. The molecule has 2 aromatic heterocycles. The molecule has 4 heterocycles. The summed E-state index contributed by atoms with van der Waals surface area (Å²) in [5.74, 6) is 2.36. The third-order valence-corrected chi connectivity index (χ3v) is 4.76. The van der Waals surface area contributed by atoms with Crippen molar-refractivity contribution in [2.75, 3.05) is 68.1 Å². The van der Waals surface area contributed by atoms with Gasteiger partial charge in [-0.3, -0.25) is 0 Å². The quantitative estimate of drug-likeness (QED) is 0.856. The van der Waals surface area contributed by atoms with Crippen LogP contribution in [-0.4, -0.2) is 67.6 Å². The second kappa shape index (κ2) is 8.01. The first-order valence-corrected chi connectivity index (χ1v) is 9.10. The standard InChI is InChI=1S/C18H23FN6O2/c19-11-13-9-15(20)21-12-14(13)18-22-16(24-1-5-26-6-2-24)10-17(23-18)25-3-7-27-8-4-25/h9-10,12H,1-8,11H2,(H2,20,21). The molecule has 0 spiro atoms. The highest BCUT2D eigenvalue weighted by molar-refractivity contribution is 5.66. The van der Waals surface area contributed by atoms with Crippen molar-refractivity contribution in [1.82, 2.24) is 15.0 Å². The van der Waals surface area contributed by atoms with E-state index in [0.29, 0.717) is 43.4 Å². The number of halogens is 1. The minimum Gasteiger partial charge on any atom is -0.384 e. The molecule has 4 rings (SSSR count). The van der Waals surface area contributed by atoms with Gasteiger partial charge in [0, 0.05) is 44.0 Å². The van der Waals surface area contributed by atoms with Gasteiger partial charge in [0.15, 0.2) is 5.82 Å². The Morgan fingerprint density at radius 3 is 2.00 bits per heavy atom. The van der Waals surface area contributed by atoms with Crippen LogP contribution in [0.5, 0.6) is 0 Å². The minimum atomic E-state index is -0.653. The summed E-state index contributed by atoms with van der Waals surface area (Å²) >= 11 is 0. The number of nitrogen functional groups attached to an aromatic ring is 1. The summed E-state index contributed by atoms with van der Waals surface area (Å²) in [5.41, 5.74) is 6.72. The van der Waals surface area contributed by atoms with Crippen molar-refractivity contribution in [2.24, 2.45) is 0 Å². The lowest BCUT2D eigenvalue weighted by atomic mass is 10.1. The maximum atomic E-state index is 13.6. The number of rotatable bonds is 4. The van der Waals surface area contributed by atoms with E-state index in [0.717, 1.165) is 37.8 Å². The van der Waals surface area contributed by atoms with E-state index in [1.165, 1.54) is 6.07 Å². The highest BCUT2D eigenvalue weighted by Gasteiger charge is 2.21. The fourth-order valence-corrected chi connectivity index (χ4v) is 3.28. The van der Waals surface area contributed by atoms with E-state index < -0.39 is 6.67 Å². The predicted octanol–water partition coefficient (Wildman–Crippen LogP) is 1.26. The van der Waals surface area contributed by atoms with Crippen molar-refractivity contribution in [3.8, 4) is 11.4 Å². The number of nitrogens with two attached hydrogens (primary N) is 1.